The van der Waals surface area contributed by atoms with E-state index < -0.39 is 0 Å². The highest BCUT2D eigenvalue weighted by Gasteiger charge is 2.31. The summed E-state index contributed by atoms with van der Waals surface area (Å²) in [4.78, 5) is 17.4. The van der Waals surface area contributed by atoms with Gasteiger partial charge in [-0.3, -0.25) is 9.69 Å². The van der Waals surface area contributed by atoms with Crippen LogP contribution in [0.3, 0.4) is 0 Å². The van der Waals surface area contributed by atoms with E-state index in [9.17, 15) is 4.79 Å². The van der Waals surface area contributed by atoms with Gasteiger partial charge in [-0.1, -0.05) is 31.3 Å². The lowest BCUT2D eigenvalue weighted by molar-refractivity contribution is -0.138. The number of hydrogen-bond donors (Lipinski definition) is 0. The van der Waals surface area contributed by atoms with Gasteiger partial charge in [-0.25, -0.2) is 0 Å². The van der Waals surface area contributed by atoms with Gasteiger partial charge in [0.1, 0.15) is 5.76 Å². The van der Waals surface area contributed by atoms with Crippen molar-refractivity contribution in [1.82, 2.24) is 15.0 Å². The van der Waals surface area contributed by atoms with E-state index in [1.165, 1.54) is 37.7 Å². The van der Waals surface area contributed by atoms with Gasteiger partial charge in [0.05, 0.1) is 5.69 Å². The summed E-state index contributed by atoms with van der Waals surface area (Å²) >= 11 is 0. The van der Waals surface area contributed by atoms with Gasteiger partial charge in [-0.05, 0) is 45.4 Å². The topological polar surface area (TPSA) is 49.6 Å². The molecule has 5 heteroatoms. The summed E-state index contributed by atoms with van der Waals surface area (Å²) in [7, 11) is 0. The molecule has 1 aromatic heterocycles. The average Bonchev–Trinajstić information content (AvgIpc) is 2.99. The van der Waals surface area contributed by atoms with Gasteiger partial charge >= 0.3 is 0 Å². The van der Waals surface area contributed by atoms with Crippen LogP contribution >= 0.6 is 0 Å². The molecule has 0 radical (unpaired) electrons. The standard InChI is InChI=1S/C21H35N3O2/c1-4-5-6-18-7-9-19(10-8-18)21(25)24-13-11-23(12-14-24)15-20-16(2)22-26-17(20)3/h18-19H,4-15H2,1-3H3. The maximum Gasteiger partial charge on any atom is 0.225 e. The molecular formula is C21H35N3O2. The fourth-order valence-electron chi connectivity index (χ4n) is 4.53. The molecule has 146 valence electrons. The van der Waals surface area contributed by atoms with E-state index in [4.69, 9.17) is 4.52 Å². The molecule has 1 aliphatic carbocycles. The summed E-state index contributed by atoms with van der Waals surface area (Å²) in [6.45, 7) is 10.7. The predicted molar refractivity (Wildman–Crippen MR) is 103 cm³/mol. The molecule has 2 fully saturated rings. The number of unbranched alkanes of at least 4 members (excludes halogenated alkanes) is 1. The Kier molecular flexibility index (Phi) is 6.74. The third-order valence-corrected chi connectivity index (χ3v) is 6.41. The van der Waals surface area contributed by atoms with Crippen molar-refractivity contribution in [3.05, 3.63) is 17.0 Å². The molecule has 0 spiro atoms. The number of nitrogens with zero attached hydrogens (tertiary/aromatic N) is 3. The van der Waals surface area contributed by atoms with Crippen molar-refractivity contribution in [1.29, 1.82) is 0 Å². The van der Waals surface area contributed by atoms with Crippen molar-refractivity contribution in [2.45, 2.75) is 72.3 Å². The molecule has 5 nitrogen and oxygen atoms in total. The van der Waals surface area contributed by atoms with Crippen molar-refractivity contribution >= 4 is 5.91 Å². The highest BCUT2D eigenvalue weighted by Crippen LogP contribution is 2.33. The number of carbonyl (C=O) groups excluding carboxylic acids is 1. The van der Waals surface area contributed by atoms with Crippen molar-refractivity contribution in [2.24, 2.45) is 11.8 Å². The largest absolute Gasteiger partial charge is 0.361 e. The van der Waals surface area contributed by atoms with Crippen molar-refractivity contribution in [3.63, 3.8) is 0 Å². The average molecular weight is 362 g/mol. The summed E-state index contributed by atoms with van der Waals surface area (Å²) in [5, 5.41) is 4.04. The molecule has 3 rings (SSSR count). The van der Waals surface area contributed by atoms with Crippen molar-refractivity contribution in [2.75, 3.05) is 26.2 Å². The second-order valence-electron chi connectivity index (χ2n) is 8.26. The van der Waals surface area contributed by atoms with Crippen LogP contribution in [0.5, 0.6) is 0 Å². The third-order valence-electron chi connectivity index (χ3n) is 6.41. The number of aromatic nitrogens is 1. The Balaban J connectivity index is 1.43. The Morgan fingerprint density at radius 1 is 1.12 bits per heavy atom. The zero-order valence-corrected chi connectivity index (χ0v) is 16.8. The fourth-order valence-corrected chi connectivity index (χ4v) is 4.53. The van der Waals surface area contributed by atoms with E-state index in [-0.39, 0.29) is 5.92 Å². The highest BCUT2D eigenvalue weighted by molar-refractivity contribution is 5.79. The van der Waals surface area contributed by atoms with Crippen LogP contribution in [0.4, 0.5) is 0 Å². The second-order valence-corrected chi connectivity index (χ2v) is 8.26. The minimum absolute atomic E-state index is 0.280. The maximum absolute atomic E-state index is 12.9. The molecule has 1 saturated heterocycles. The van der Waals surface area contributed by atoms with Crippen LogP contribution in [0.25, 0.3) is 0 Å². The SMILES string of the molecule is CCCCC1CCC(C(=O)N2CCN(Cc3c(C)noc3C)CC2)CC1. The number of hydrogen-bond acceptors (Lipinski definition) is 4. The fraction of sp³-hybridized carbons (Fsp3) is 0.810. The third kappa shape index (κ3) is 4.67. The molecule has 1 aliphatic heterocycles. The van der Waals surface area contributed by atoms with Crippen LogP contribution in [0.15, 0.2) is 4.52 Å². The maximum atomic E-state index is 12.9. The van der Waals surface area contributed by atoms with Crippen LogP contribution in [0, 0.1) is 25.7 Å². The molecule has 0 aromatic carbocycles. The molecule has 0 unspecified atom stereocenters. The summed E-state index contributed by atoms with van der Waals surface area (Å²) in [5.41, 5.74) is 2.19. The number of amides is 1. The van der Waals surface area contributed by atoms with Crippen LogP contribution in [0.2, 0.25) is 0 Å². The van der Waals surface area contributed by atoms with Gasteiger partial charge in [0, 0.05) is 44.2 Å². The molecule has 2 aliphatic rings. The minimum Gasteiger partial charge on any atom is -0.361 e. The number of aryl methyl sites for hydroxylation is 2. The molecule has 1 aromatic rings. The molecule has 0 atom stereocenters. The van der Waals surface area contributed by atoms with Crippen LogP contribution < -0.4 is 0 Å². The smallest absolute Gasteiger partial charge is 0.225 e. The Bertz CT molecular complexity index is 563. The van der Waals surface area contributed by atoms with Crippen molar-refractivity contribution < 1.29 is 9.32 Å². The molecular weight excluding hydrogens is 326 g/mol. The predicted octanol–water partition coefficient (Wildman–Crippen LogP) is 3.93. The Labute approximate surface area is 158 Å². The lowest BCUT2D eigenvalue weighted by atomic mass is 9.79. The first-order valence-corrected chi connectivity index (χ1v) is 10.5. The van der Waals surface area contributed by atoms with Gasteiger partial charge in [0.2, 0.25) is 5.91 Å². The monoisotopic (exact) mass is 361 g/mol. The molecule has 1 saturated carbocycles. The van der Waals surface area contributed by atoms with E-state index >= 15 is 0 Å². The van der Waals surface area contributed by atoms with E-state index in [0.29, 0.717) is 5.91 Å². The normalized spacial score (nSPS) is 24.8. The van der Waals surface area contributed by atoms with Crippen LogP contribution in [0.1, 0.15) is 68.9 Å². The first-order chi connectivity index (χ1) is 12.6. The quantitative estimate of drug-likeness (QED) is 0.770. The lowest BCUT2D eigenvalue weighted by Crippen LogP contribution is -2.50. The molecule has 1 amide bonds. The summed E-state index contributed by atoms with van der Waals surface area (Å²) in [6, 6.07) is 0. The van der Waals surface area contributed by atoms with Gasteiger partial charge in [0.25, 0.3) is 0 Å². The van der Waals surface area contributed by atoms with E-state index in [0.717, 1.165) is 62.9 Å². The summed E-state index contributed by atoms with van der Waals surface area (Å²) in [6.07, 6.45) is 8.70. The Morgan fingerprint density at radius 2 is 1.81 bits per heavy atom. The van der Waals surface area contributed by atoms with Gasteiger partial charge in [-0.15, -0.1) is 0 Å². The summed E-state index contributed by atoms with van der Waals surface area (Å²) in [5.74, 6) is 2.48. The number of rotatable bonds is 6. The Hall–Kier alpha value is -1.36. The molecule has 26 heavy (non-hydrogen) atoms. The Morgan fingerprint density at radius 3 is 2.38 bits per heavy atom. The summed E-state index contributed by atoms with van der Waals surface area (Å²) < 4.78 is 5.27. The van der Waals surface area contributed by atoms with Crippen LogP contribution in [-0.2, 0) is 11.3 Å². The van der Waals surface area contributed by atoms with Crippen LogP contribution in [-0.4, -0.2) is 47.0 Å². The van der Waals surface area contributed by atoms with E-state index in [2.05, 4.69) is 21.9 Å². The zero-order valence-electron chi connectivity index (χ0n) is 16.8. The van der Waals surface area contributed by atoms with E-state index in [1.807, 2.05) is 13.8 Å². The van der Waals surface area contributed by atoms with Gasteiger partial charge in [0.15, 0.2) is 0 Å². The lowest BCUT2D eigenvalue weighted by Gasteiger charge is -2.38. The first kappa shape index (κ1) is 19.4. The molecule has 0 bridgehead atoms. The minimum atomic E-state index is 0.280. The highest BCUT2D eigenvalue weighted by atomic mass is 16.5. The number of piperazine rings is 1. The first-order valence-electron chi connectivity index (χ1n) is 10.5. The second kappa shape index (κ2) is 9.03. The van der Waals surface area contributed by atoms with Crippen molar-refractivity contribution in [3.8, 4) is 0 Å². The van der Waals surface area contributed by atoms with Gasteiger partial charge < -0.3 is 9.42 Å². The molecule has 0 N–H and O–H groups in total. The van der Waals surface area contributed by atoms with Gasteiger partial charge in [-0.2, -0.15) is 0 Å². The molecule has 2 heterocycles. The van der Waals surface area contributed by atoms with E-state index in [1.54, 1.807) is 0 Å². The zero-order chi connectivity index (χ0) is 18.5. The number of carbonyl (C=O) groups is 1.